The highest BCUT2D eigenvalue weighted by Crippen LogP contribution is 2.36. The zero-order valence-corrected chi connectivity index (χ0v) is 11.1. The van der Waals surface area contributed by atoms with Crippen LogP contribution in [0.5, 0.6) is 0 Å². The van der Waals surface area contributed by atoms with Crippen molar-refractivity contribution in [1.82, 2.24) is 10.2 Å². The van der Waals surface area contributed by atoms with Gasteiger partial charge in [-0.3, -0.25) is 0 Å². The normalized spacial score (nSPS) is 29.0. The molecule has 4 rings (SSSR count). The minimum absolute atomic E-state index is 0.321. The van der Waals surface area contributed by atoms with E-state index in [1.54, 1.807) is 0 Å². The van der Waals surface area contributed by atoms with Crippen molar-refractivity contribution in [3.8, 4) is 0 Å². The number of ether oxygens (including phenoxy) is 1. The molecule has 1 aromatic heterocycles. The van der Waals surface area contributed by atoms with Crippen molar-refractivity contribution in [2.45, 2.75) is 37.5 Å². The first-order chi connectivity index (χ1) is 9.31. The third kappa shape index (κ3) is 1.86. The van der Waals surface area contributed by atoms with E-state index in [0.717, 1.165) is 29.4 Å². The molecule has 0 amide bonds. The summed E-state index contributed by atoms with van der Waals surface area (Å²) in [7, 11) is 0. The molecule has 2 saturated heterocycles. The third-order valence-corrected chi connectivity index (χ3v) is 4.35. The van der Waals surface area contributed by atoms with Crippen LogP contribution in [0.25, 0.3) is 10.8 Å². The number of aromatic nitrogens is 2. The Labute approximate surface area is 116 Å². The first kappa shape index (κ1) is 11.4. The van der Waals surface area contributed by atoms with Gasteiger partial charge in [0.15, 0.2) is 11.0 Å². The van der Waals surface area contributed by atoms with Crippen LogP contribution in [0, 0.1) is 0 Å². The van der Waals surface area contributed by atoms with Gasteiger partial charge in [-0.05, 0) is 19.3 Å². The van der Waals surface area contributed by atoms with Gasteiger partial charge in [-0.1, -0.05) is 35.9 Å². The number of rotatable bonds is 2. The predicted molar refractivity (Wildman–Crippen MR) is 74.5 cm³/mol. The van der Waals surface area contributed by atoms with Crippen LogP contribution in [0.2, 0.25) is 5.15 Å². The van der Waals surface area contributed by atoms with E-state index in [2.05, 4.69) is 15.5 Å². The van der Waals surface area contributed by atoms with E-state index in [-0.39, 0.29) is 0 Å². The summed E-state index contributed by atoms with van der Waals surface area (Å²) in [5.74, 6) is 0.807. The van der Waals surface area contributed by atoms with Crippen molar-refractivity contribution in [3.05, 3.63) is 29.4 Å². The summed E-state index contributed by atoms with van der Waals surface area (Å²) < 4.78 is 5.86. The summed E-state index contributed by atoms with van der Waals surface area (Å²) in [4.78, 5) is 0. The Morgan fingerprint density at radius 2 is 2.00 bits per heavy atom. The van der Waals surface area contributed by atoms with Crippen LogP contribution < -0.4 is 5.32 Å². The molecule has 4 nitrogen and oxygen atoms in total. The molecule has 2 aliphatic heterocycles. The van der Waals surface area contributed by atoms with E-state index in [1.807, 2.05) is 24.3 Å². The summed E-state index contributed by atoms with van der Waals surface area (Å²) in [5, 5.41) is 14.1. The van der Waals surface area contributed by atoms with Crippen LogP contribution in [-0.2, 0) is 4.74 Å². The zero-order chi connectivity index (χ0) is 12.8. The number of nitrogens with zero attached hydrogens (tertiary/aromatic N) is 2. The van der Waals surface area contributed by atoms with Crippen LogP contribution in [-0.4, -0.2) is 28.4 Å². The van der Waals surface area contributed by atoms with Gasteiger partial charge in [0.1, 0.15) is 0 Å². The van der Waals surface area contributed by atoms with Crippen LogP contribution in [0.3, 0.4) is 0 Å². The largest absolute Gasteiger partial charge is 0.373 e. The maximum absolute atomic E-state index is 6.08. The standard InChI is InChI=1S/C14H14ClN3O/c15-13-9-3-1-2-4-10(9)14(18-17-13)16-11-7-8-5-6-12(11)19-8/h1-4,8,11-12H,5-7H2,(H,16,18). The molecule has 0 radical (unpaired) electrons. The molecule has 1 aromatic carbocycles. The zero-order valence-electron chi connectivity index (χ0n) is 10.3. The number of anilines is 1. The van der Waals surface area contributed by atoms with Gasteiger partial charge in [0.2, 0.25) is 0 Å². The lowest BCUT2D eigenvalue weighted by molar-refractivity contribution is 0.102. The number of benzene rings is 1. The van der Waals surface area contributed by atoms with Gasteiger partial charge in [-0.15, -0.1) is 10.2 Å². The molecule has 98 valence electrons. The molecule has 3 heterocycles. The molecule has 3 atom stereocenters. The van der Waals surface area contributed by atoms with Crippen LogP contribution >= 0.6 is 11.6 Å². The molecule has 2 aliphatic rings. The second-order valence-corrected chi connectivity index (χ2v) is 5.60. The first-order valence-corrected chi connectivity index (χ1v) is 7.02. The fraction of sp³-hybridized carbons (Fsp3) is 0.429. The number of nitrogens with one attached hydrogen (secondary N) is 1. The highest BCUT2D eigenvalue weighted by molar-refractivity contribution is 6.34. The summed E-state index contributed by atoms with van der Waals surface area (Å²) in [6.45, 7) is 0. The van der Waals surface area contributed by atoms with E-state index in [0.29, 0.717) is 23.4 Å². The van der Waals surface area contributed by atoms with Crippen LogP contribution in [0.4, 0.5) is 5.82 Å². The van der Waals surface area contributed by atoms with Crippen LogP contribution in [0.15, 0.2) is 24.3 Å². The van der Waals surface area contributed by atoms with Gasteiger partial charge in [-0.25, -0.2) is 0 Å². The van der Waals surface area contributed by atoms with Gasteiger partial charge < -0.3 is 10.1 Å². The Morgan fingerprint density at radius 3 is 2.74 bits per heavy atom. The molecule has 1 N–H and O–H groups in total. The van der Waals surface area contributed by atoms with Gasteiger partial charge in [-0.2, -0.15) is 0 Å². The Kier molecular flexibility index (Phi) is 2.60. The molecule has 2 fully saturated rings. The molecule has 3 unspecified atom stereocenters. The van der Waals surface area contributed by atoms with Crippen LogP contribution in [0.1, 0.15) is 19.3 Å². The summed E-state index contributed by atoms with van der Waals surface area (Å²) in [6.07, 6.45) is 4.13. The van der Waals surface area contributed by atoms with E-state index >= 15 is 0 Å². The quantitative estimate of drug-likeness (QED) is 0.915. The van der Waals surface area contributed by atoms with E-state index < -0.39 is 0 Å². The lowest BCUT2D eigenvalue weighted by Crippen LogP contribution is -2.31. The highest BCUT2D eigenvalue weighted by atomic mass is 35.5. The fourth-order valence-electron chi connectivity index (χ4n) is 3.14. The maximum atomic E-state index is 6.08. The minimum atomic E-state index is 0.321. The molecule has 0 spiro atoms. The number of fused-ring (bicyclic) bond motifs is 3. The van der Waals surface area contributed by atoms with Gasteiger partial charge in [0.25, 0.3) is 0 Å². The van der Waals surface area contributed by atoms with Gasteiger partial charge in [0.05, 0.1) is 18.2 Å². The topological polar surface area (TPSA) is 47.0 Å². The number of hydrogen-bond donors (Lipinski definition) is 1. The number of hydrogen-bond acceptors (Lipinski definition) is 4. The first-order valence-electron chi connectivity index (χ1n) is 6.64. The number of halogens is 1. The molecule has 0 aliphatic carbocycles. The Hall–Kier alpha value is -1.39. The van der Waals surface area contributed by atoms with E-state index in [1.165, 1.54) is 6.42 Å². The molecule has 5 heteroatoms. The van der Waals surface area contributed by atoms with E-state index in [4.69, 9.17) is 16.3 Å². The van der Waals surface area contributed by atoms with Crippen molar-refractivity contribution in [1.29, 1.82) is 0 Å². The minimum Gasteiger partial charge on any atom is -0.373 e. The molecular weight excluding hydrogens is 262 g/mol. The molecule has 2 bridgehead atoms. The fourth-order valence-corrected chi connectivity index (χ4v) is 3.35. The third-order valence-electron chi connectivity index (χ3n) is 4.07. The molecule has 0 saturated carbocycles. The Balaban J connectivity index is 1.70. The monoisotopic (exact) mass is 275 g/mol. The average Bonchev–Trinajstić information content (AvgIpc) is 3.05. The Bertz CT molecular complexity index is 633. The second kappa shape index (κ2) is 4.32. The van der Waals surface area contributed by atoms with Crippen molar-refractivity contribution in [2.24, 2.45) is 0 Å². The summed E-state index contributed by atoms with van der Waals surface area (Å²) >= 11 is 6.08. The molecule has 19 heavy (non-hydrogen) atoms. The lowest BCUT2D eigenvalue weighted by atomic mass is 9.95. The highest BCUT2D eigenvalue weighted by Gasteiger charge is 2.41. The Morgan fingerprint density at radius 1 is 1.16 bits per heavy atom. The van der Waals surface area contributed by atoms with Gasteiger partial charge >= 0.3 is 0 Å². The van der Waals surface area contributed by atoms with Crippen molar-refractivity contribution >= 4 is 28.2 Å². The molecule has 2 aromatic rings. The smallest absolute Gasteiger partial charge is 0.159 e. The predicted octanol–water partition coefficient (Wildman–Crippen LogP) is 3.02. The summed E-state index contributed by atoms with van der Waals surface area (Å²) in [6, 6.07) is 8.28. The van der Waals surface area contributed by atoms with Crippen molar-refractivity contribution in [3.63, 3.8) is 0 Å². The SMILES string of the molecule is Clc1nnc(NC2CC3CCC2O3)c2ccccc12. The van der Waals surface area contributed by atoms with Crippen molar-refractivity contribution < 1.29 is 4.74 Å². The van der Waals surface area contributed by atoms with E-state index in [9.17, 15) is 0 Å². The second-order valence-electron chi connectivity index (χ2n) is 5.25. The lowest BCUT2D eigenvalue weighted by Gasteiger charge is -2.21. The average molecular weight is 276 g/mol. The summed E-state index contributed by atoms with van der Waals surface area (Å²) in [5.41, 5.74) is 0. The van der Waals surface area contributed by atoms with Gasteiger partial charge in [0, 0.05) is 10.8 Å². The maximum Gasteiger partial charge on any atom is 0.159 e. The molecular formula is C14H14ClN3O. The van der Waals surface area contributed by atoms with Crippen molar-refractivity contribution in [2.75, 3.05) is 5.32 Å².